The second-order valence-electron chi connectivity index (χ2n) is 9.91. The van der Waals surface area contributed by atoms with E-state index in [1.165, 1.54) is 22.3 Å². The summed E-state index contributed by atoms with van der Waals surface area (Å²) in [7, 11) is 0. The lowest BCUT2D eigenvalue weighted by atomic mass is 9.95. The Hall–Kier alpha value is -3.28. The van der Waals surface area contributed by atoms with Crippen molar-refractivity contribution in [3.63, 3.8) is 0 Å². The molecule has 38 heavy (non-hydrogen) atoms. The van der Waals surface area contributed by atoms with Crippen LogP contribution in [0.25, 0.3) is 0 Å². The third kappa shape index (κ3) is 7.62. The van der Waals surface area contributed by atoms with Gasteiger partial charge in [0.25, 0.3) is 0 Å². The van der Waals surface area contributed by atoms with Gasteiger partial charge in [0, 0.05) is 13.1 Å². The molecule has 1 aliphatic heterocycles. The number of hydrogen-bond acceptors (Lipinski definition) is 4. The van der Waals surface area contributed by atoms with E-state index in [9.17, 15) is 0 Å². The fourth-order valence-corrected chi connectivity index (χ4v) is 5.11. The Morgan fingerprint density at radius 3 is 1.58 bits per heavy atom. The highest BCUT2D eigenvalue weighted by Crippen LogP contribution is 2.28. The van der Waals surface area contributed by atoms with Crippen molar-refractivity contribution in [2.45, 2.75) is 51.0 Å². The SMILES string of the molecule is c1ccc(COC[C@@H]2[C@H](OCc3ccccc3)[C@H](OCc3ccccc3)CCN2Cc2ccccc2)cc1. The molecule has 0 spiro atoms. The average molecular weight is 508 g/mol. The highest BCUT2D eigenvalue weighted by molar-refractivity contribution is 5.17. The quantitative estimate of drug-likeness (QED) is 0.215. The van der Waals surface area contributed by atoms with E-state index in [-0.39, 0.29) is 18.2 Å². The second-order valence-corrected chi connectivity index (χ2v) is 9.91. The Labute approximate surface area is 226 Å². The molecule has 0 bridgehead atoms. The Bertz CT molecular complexity index is 1190. The molecule has 3 atom stereocenters. The van der Waals surface area contributed by atoms with Crippen molar-refractivity contribution >= 4 is 0 Å². The third-order valence-electron chi connectivity index (χ3n) is 7.14. The van der Waals surface area contributed by atoms with Gasteiger partial charge in [-0.15, -0.1) is 0 Å². The summed E-state index contributed by atoms with van der Waals surface area (Å²) in [6.07, 6.45) is 0.775. The molecule has 0 aromatic heterocycles. The highest BCUT2D eigenvalue weighted by atomic mass is 16.5. The standard InChI is InChI=1S/C34H37NO3/c1-5-13-28(14-6-1)23-35-22-21-33(37-25-30-17-9-3-10-18-30)34(38-26-31-19-11-4-12-20-31)32(35)27-36-24-29-15-7-2-8-16-29/h1-20,32-34H,21-27H2/t32-,33-,34+/m1/s1. The molecule has 5 rings (SSSR count). The molecule has 1 aliphatic rings. The van der Waals surface area contributed by atoms with Gasteiger partial charge in [-0.1, -0.05) is 121 Å². The Morgan fingerprint density at radius 1 is 0.553 bits per heavy atom. The summed E-state index contributed by atoms with van der Waals surface area (Å²) in [5, 5.41) is 0. The van der Waals surface area contributed by atoms with Crippen LogP contribution in [0.15, 0.2) is 121 Å². The van der Waals surface area contributed by atoms with Crippen LogP contribution >= 0.6 is 0 Å². The predicted octanol–water partition coefficient (Wildman–Crippen LogP) is 6.65. The zero-order valence-corrected chi connectivity index (χ0v) is 21.9. The first-order valence-electron chi connectivity index (χ1n) is 13.6. The molecule has 0 aliphatic carbocycles. The fourth-order valence-electron chi connectivity index (χ4n) is 5.11. The topological polar surface area (TPSA) is 30.9 Å². The summed E-state index contributed by atoms with van der Waals surface area (Å²) in [6, 6.07) is 41.9. The van der Waals surface area contributed by atoms with Crippen molar-refractivity contribution in [1.29, 1.82) is 0 Å². The summed E-state index contributed by atoms with van der Waals surface area (Å²) in [5.74, 6) is 0. The number of rotatable bonds is 12. The van der Waals surface area contributed by atoms with Crippen LogP contribution in [0.1, 0.15) is 28.7 Å². The smallest absolute Gasteiger partial charge is 0.102 e. The number of hydrogen-bond donors (Lipinski definition) is 0. The molecule has 4 aromatic rings. The molecule has 0 saturated carbocycles. The maximum Gasteiger partial charge on any atom is 0.102 e. The molecular formula is C34H37NO3. The lowest BCUT2D eigenvalue weighted by molar-refractivity contribution is -0.159. The molecule has 1 saturated heterocycles. The van der Waals surface area contributed by atoms with E-state index in [0.29, 0.717) is 26.4 Å². The van der Waals surface area contributed by atoms with Gasteiger partial charge in [0.1, 0.15) is 6.10 Å². The van der Waals surface area contributed by atoms with Crippen molar-refractivity contribution in [2.75, 3.05) is 13.2 Å². The van der Waals surface area contributed by atoms with Gasteiger partial charge in [-0.3, -0.25) is 4.90 Å². The molecule has 1 fully saturated rings. The van der Waals surface area contributed by atoms with Gasteiger partial charge in [-0.25, -0.2) is 0 Å². The maximum absolute atomic E-state index is 6.71. The van der Waals surface area contributed by atoms with E-state index in [1.807, 2.05) is 18.2 Å². The molecule has 4 nitrogen and oxygen atoms in total. The Balaban J connectivity index is 1.35. The Kier molecular flexibility index (Phi) is 9.72. The first-order chi connectivity index (χ1) is 18.8. The van der Waals surface area contributed by atoms with E-state index < -0.39 is 0 Å². The molecular weight excluding hydrogens is 470 g/mol. The number of ether oxygens (including phenoxy) is 3. The van der Waals surface area contributed by atoms with E-state index in [4.69, 9.17) is 14.2 Å². The summed E-state index contributed by atoms with van der Waals surface area (Å²) in [5.41, 5.74) is 4.82. The van der Waals surface area contributed by atoms with Crippen LogP contribution < -0.4 is 0 Å². The molecule has 196 valence electrons. The van der Waals surface area contributed by atoms with Gasteiger partial charge >= 0.3 is 0 Å². The van der Waals surface area contributed by atoms with Crippen molar-refractivity contribution < 1.29 is 14.2 Å². The Morgan fingerprint density at radius 2 is 1.03 bits per heavy atom. The zero-order chi connectivity index (χ0) is 25.8. The number of nitrogens with zero attached hydrogens (tertiary/aromatic N) is 1. The summed E-state index contributed by atoms with van der Waals surface area (Å²) in [4.78, 5) is 2.51. The van der Waals surface area contributed by atoms with Gasteiger partial charge in [-0.05, 0) is 28.7 Å². The highest BCUT2D eigenvalue weighted by Gasteiger charge is 2.40. The monoisotopic (exact) mass is 507 g/mol. The van der Waals surface area contributed by atoms with E-state index >= 15 is 0 Å². The second kappa shape index (κ2) is 14.0. The number of likely N-dealkylation sites (tertiary alicyclic amines) is 1. The van der Waals surface area contributed by atoms with Crippen LogP contribution in [-0.4, -0.2) is 36.3 Å². The third-order valence-corrected chi connectivity index (χ3v) is 7.14. The summed E-state index contributed by atoms with van der Waals surface area (Å²) < 4.78 is 19.6. The molecule has 0 amide bonds. The molecule has 1 heterocycles. The predicted molar refractivity (Wildman–Crippen MR) is 151 cm³/mol. The first-order valence-corrected chi connectivity index (χ1v) is 13.6. The van der Waals surface area contributed by atoms with Crippen molar-refractivity contribution in [1.82, 2.24) is 4.90 Å². The van der Waals surface area contributed by atoms with Crippen LogP contribution in [0.4, 0.5) is 0 Å². The minimum absolute atomic E-state index is 0.0173. The van der Waals surface area contributed by atoms with Crippen molar-refractivity contribution in [2.24, 2.45) is 0 Å². The molecule has 0 unspecified atom stereocenters. The number of benzene rings is 4. The molecule has 0 radical (unpaired) electrons. The largest absolute Gasteiger partial charge is 0.375 e. The molecule has 4 aromatic carbocycles. The average Bonchev–Trinajstić information content (AvgIpc) is 2.98. The van der Waals surface area contributed by atoms with E-state index in [2.05, 4.69) is 108 Å². The lowest BCUT2D eigenvalue weighted by Gasteiger charge is -2.45. The van der Waals surface area contributed by atoms with E-state index in [1.54, 1.807) is 0 Å². The molecule has 4 heteroatoms. The van der Waals surface area contributed by atoms with Crippen molar-refractivity contribution in [3.8, 4) is 0 Å². The van der Waals surface area contributed by atoms with Gasteiger partial charge in [0.2, 0.25) is 0 Å². The summed E-state index contributed by atoms with van der Waals surface area (Å²) >= 11 is 0. The maximum atomic E-state index is 6.71. The van der Waals surface area contributed by atoms with Gasteiger partial charge in [0.15, 0.2) is 0 Å². The van der Waals surface area contributed by atoms with Crippen LogP contribution in [-0.2, 0) is 40.6 Å². The first kappa shape index (κ1) is 26.3. The van der Waals surface area contributed by atoms with E-state index in [0.717, 1.165) is 19.5 Å². The lowest BCUT2D eigenvalue weighted by Crippen LogP contribution is -2.57. The van der Waals surface area contributed by atoms with Gasteiger partial charge in [0.05, 0.1) is 38.6 Å². The fraction of sp³-hybridized carbons (Fsp3) is 0.294. The minimum Gasteiger partial charge on any atom is -0.375 e. The normalized spacial score (nSPS) is 19.8. The van der Waals surface area contributed by atoms with Crippen LogP contribution in [0, 0.1) is 0 Å². The summed E-state index contributed by atoms with van der Waals surface area (Å²) in [6.45, 7) is 4.07. The van der Waals surface area contributed by atoms with Crippen LogP contribution in [0.5, 0.6) is 0 Å². The van der Waals surface area contributed by atoms with Gasteiger partial charge < -0.3 is 14.2 Å². The van der Waals surface area contributed by atoms with Crippen molar-refractivity contribution in [3.05, 3.63) is 144 Å². The van der Waals surface area contributed by atoms with Crippen LogP contribution in [0.3, 0.4) is 0 Å². The zero-order valence-electron chi connectivity index (χ0n) is 21.9. The van der Waals surface area contributed by atoms with Crippen LogP contribution in [0.2, 0.25) is 0 Å². The minimum atomic E-state index is -0.118. The van der Waals surface area contributed by atoms with Gasteiger partial charge in [-0.2, -0.15) is 0 Å². The number of piperidine rings is 1. The molecule has 0 N–H and O–H groups in total.